The largest absolute Gasteiger partial charge is 0.497 e. The number of carbonyl (C=O) groups is 2. The number of nitrogens with zero attached hydrogens (tertiary/aromatic N) is 2. The number of amides is 2. The van der Waals surface area contributed by atoms with Gasteiger partial charge in [0.05, 0.1) is 27.8 Å². The van der Waals surface area contributed by atoms with E-state index < -0.39 is 6.04 Å². The van der Waals surface area contributed by atoms with Crippen LogP contribution in [-0.2, 0) is 22.4 Å². The molecule has 39 heavy (non-hydrogen) atoms. The molecule has 1 aliphatic rings. The lowest BCUT2D eigenvalue weighted by molar-refractivity contribution is -0.130. The number of benzene rings is 3. The first-order valence-electron chi connectivity index (χ1n) is 12.7. The van der Waals surface area contributed by atoms with Gasteiger partial charge in [-0.15, -0.1) is 0 Å². The molecule has 0 unspecified atom stereocenters. The smallest absolute Gasteiger partial charge is 0.252 e. The summed E-state index contributed by atoms with van der Waals surface area (Å²) in [6, 6.07) is 22.1. The van der Waals surface area contributed by atoms with Crippen LogP contribution in [0.15, 0.2) is 72.8 Å². The Balaban J connectivity index is 1.49. The SMILES string of the molecule is COc1ccc(NC(=O)C[C@@H]2C(=O)N(CCc3ccccc3)C(=S)N2CCc2ccc(OC)c(OC)c2)cc1. The van der Waals surface area contributed by atoms with Crippen molar-refractivity contribution in [2.24, 2.45) is 0 Å². The van der Waals surface area contributed by atoms with Gasteiger partial charge < -0.3 is 24.4 Å². The molecule has 1 aliphatic heterocycles. The molecular formula is C30H33N3O5S. The summed E-state index contributed by atoms with van der Waals surface area (Å²) < 4.78 is 16.0. The molecule has 0 spiro atoms. The van der Waals surface area contributed by atoms with Crippen molar-refractivity contribution in [2.75, 3.05) is 39.7 Å². The molecule has 0 saturated carbocycles. The molecule has 3 aromatic carbocycles. The minimum absolute atomic E-state index is 0.0151. The first-order valence-corrected chi connectivity index (χ1v) is 13.1. The van der Waals surface area contributed by atoms with E-state index in [0.717, 1.165) is 11.1 Å². The Morgan fingerprint density at radius 3 is 2.21 bits per heavy atom. The number of ether oxygens (including phenoxy) is 3. The summed E-state index contributed by atoms with van der Waals surface area (Å²) in [5, 5.41) is 3.33. The van der Waals surface area contributed by atoms with Gasteiger partial charge in [-0.2, -0.15) is 0 Å². The number of rotatable bonds is 12. The van der Waals surface area contributed by atoms with E-state index in [1.54, 1.807) is 50.5 Å². The predicted molar refractivity (Wildman–Crippen MR) is 154 cm³/mol. The molecule has 1 atom stereocenters. The molecule has 204 valence electrons. The third kappa shape index (κ3) is 6.86. The summed E-state index contributed by atoms with van der Waals surface area (Å²) in [5.74, 6) is 1.55. The maximum absolute atomic E-state index is 13.6. The van der Waals surface area contributed by atoms with Gasteiger partial charge in [0, 0.05) is 18.8 Å². The van der Waals surface area contributed by atoms with Crippen molar-refractivity contribution < 1.29 is 23.8 Å². The molecule has 0 aromatic heterocycles. The topological polar surface area (TPSA) is 80.3 Å². The van der Waals surface area contributed by atoms with Gasteiger partial charge in [-0.1, -0.05) is 36.4 Å². The molecule has 2 amide bonds. The van der Waals surface area contributed by atoms with Crippen molar-refractivity contribution in [3.05, 3.63) is 83.9 Å². The summed E-state index contributed by atoms with van der Waals surface area (Å²) in [5.41, 5.74) is 2.75. The second-order valence-electron chi connectivity index (χ2n) is 9.14. The van der Waals surface area contributed by atoms with Gasteiger partial charge in [-0.25, -0.2) is 0 Å². The zero-order valence-electron chi connectivity index (χ0n) is 22.4. The Morgan fingerprint density at radius 1 is 0.846 bits per heavy atom. The van der Waals surface area contributed by atoms with Gasteiger partial charge in [0.25, 0.3) is 5.91 Å². The zero-order chi connectivity index (χ0) is 27.8. The van der Waals surface area contributed by atoms with Crippen molar-refractivity contribution in [1.82, 2.24) is 9.80 Å². The van der Waals surface area contributed by atoms with Crippen LogP contribution < -0.4 is 19.5 Å². The number of nitrogens with one attached hydrogen (secondary N) is 1. The van der Waals surface area contributed by atoms with Gasteiger partial charge in [-0.3, -0.25) is 14.5 Å². The van der Waals surface area contributed by atoms with Crippen LogP contribution in [-0.4, -0.2) is 67.2 Å². The molecule has 0 bridgehead atoms. The van der Waals surface area contributed by atoms with E-state index in [-0.39, 0.29) is 18.2 Å². The molecular weight excluding hydrogens is 514 g/mol. The summed E-state index contributed by atoms with van der Waals surface area (Å²) in [4.78, 5) is 30.1. The number of carbonyl (C=O) groups excluding carboxylic acids is 2. The molecule has 3 aromatic rings. The second kappa shape index (κ2) is 13.1. The summed E-state index contributed by atoms with van der Waals surface area (Å²) in [6.07, 6.45) is 1.26. The average molecular weight is 548 g/mol. The second-order valence-corrected chi connectivity index (χ2v) is 9.50. The van der Waals surface area contributed by atoms with Gasteiger partial charge in [0.1, 0.15) is 11.8 Å². The quantitative estimate of drug-likeness (QED) is 0.338. The summed E-state index contributed by atoms with van der Waals surface area (Å²) >= 11 is 5.79. The summed E-state index contributed by atoms with van der Waals surface area (Å²) in [6.45, 7) is 0.924. The number of methoxy groups -OCH3 is 3. The van der Waals surface area contributed by atoms with Crippen LogP contribution in [0.25, 0.3) is 0 Å². The van der Waals surface area contributed by atoms with E-state index in [1.165, 1.54) is 0 Å². The van der Waals surface area contributed by atoms with E-state index in [4.69, 9.17) is 26.4 Å². The van der Waals surface area contributed by atoms with Gasteiger partial charge in [0.15, 0.2) is 16.6 Å². The fourth-order valence-corrected chi connectivity index (χ4v) is 4.98. The molecule has 4 rings (SSSR count). The number of hydrogen-bond donors (Lipinski definition) is 1. The van der Waals surface area contributed by atoms with Crippen LogP contribution >= 0.6 is 12.2 Å². The molecule has 1 saturated heterocycles. The lowest BCUT2D eigenvalue weighted by atomic mass is 10.1. The fourth-order valence-electron chi connectivity index (χ4n) is 4.58. The standard InChI is InChI=1S/C30H33N3O5S/c1-36-24-12-10-23(11-13-24)31-28(34)20-25-29(35)33(18-15-21-7-5-4-6-8-21)30(39)32(25)17-16-22-9-14-26(37-2)27(19-22)38-3/h4-14,19,25H,15-18,20H2,1-3H3,(H,31,34)/t25-/m1/s1. The lowest BCUT2D eigenvalue weighted by Gasteiger charge is -2.24. The van der Waals surface area contributed by atoms with E-state index in [9.17, 15) is 9.59 Å². The molecule has 0 radical (unpaired) electrons. The van der Waals surface area contributed by atoms with Crippen molar-refractivity contribution in [3.8, 4) is 17.2 Å². The highest BCUT2D eigenvalue weighted by molar-refractivity contribution is 7.80. The van der Waals surface area contributed by atoms with E-state index in [2.05, 4.69) is 5.32 Å². The van der Waals surface area contributed by atoms with Gasteiger partial charge in [-0.05, 0) is 72.6 Å². The third-order valence-electron chi connectivity index (χ3n) is 6.71. The highest BCUT2D eigenvalue weighted by atomic mass is 32.1. The average Bonchev–Trinajstić information content (AvgIpc) is 3.18. The van der Waals surface area contributed by atoms with Crippen LogP contribution in [0.2, 0.25) is 0 Å². The van der Waals surface area contributed by atoms with Gasteiger partial charge >= 0.3 is 0 Å². The van der Waals surface area contributed by atoms with Gasteiger partial charge in [0.2, 0.25) is 5.91 Å². The molecule has 1 N–H and O–H groups in total. The van der Waals surface area contributed by atoms with Crippen molar-refractivity contribution in [2.45, 2.75) is 25.3 Å². The highest BCUT2D eigenvalue weighted by Gasteiger charge is 2.42. The van der Waals surface area contributed by atoms with E-state index >= 15 is 0 Å². The number of anilines is 1. The molecule has 1 fully saturated rings. The Labute approximate surface area is 234 Å². The van der Waals surface area contributed by atoms with E-state index in [0.29, 0.717) is 54.0 Å². The normalized spacial score (nSPS) is 14.9. The molecule has 1 heterocycles. The van der Waals surface area contributed by atoms with E-state index in [1.807, 2.05) is 53.4 Å². The monoisotopic (exact) mass is 547 g/mol. The van der Waals surface area contributed by atoms with Crippen LogP contribution in [0, 0.1) is 0 Å². The number of hydrogen-bond acceptors (Lipinski definition) is 6. The summed E-state index contributed by atoms with van der Waals surface area (Å²) in [7, 11) is 4.78. The Kier molecular flexibility index (Phi) is 9.38. The third-order valence-corrected chi connectivity index (χ3v) is 7.17. The molecule has 8 nitrogen and oxygen atoms in total. The molecule has 0 aliphatic carbocycles. The highest BCUT2D eigenvalue weighted by Crippen LogP contribution is 2.29. The molecule has 9 heteroatoms. The Hall–Kier alpha value is -4.11. The van der Waals surface area contributed by atoms with Crippen molar-refractivity contribution >= 4 is 34.8 Å². The fraction of sp³-hybridized carbons (Fsp3) is 0.300. The maximum atomic E-state index is 13.6. The zero-order valence-corrected chi connectivity index (χ0v) is 23.2. The Bertz CT molecular complexity index is 1300. The van der Waals surface area contributed by atoms with Crippen LogP contribution in [0.5, 0.6) is 17.2 Å². The first-order chi connectivity index (χ1) is 18.9. The predicted octanol–water partition coefficient (Wildman–Crippen LogP) is 4.32. The van der Waals surface area contributed by atoms with Crippen molar-refractivity contribution in [3.63, 3.8) is 0 Å². The number of thiocarbonyl (C=S) groups is 1. The van der Waals surface area contributed by atoms with Crippen molar-refractivity contribution in [1.29, 1.82) is 0 Å². The first kappa shape index (κ1) is 27.9. The van der Waals surface area contributed by atoms with Crippen LogP contribution in [0.3, 0.4) is 0 Å². The Morgan fingerprint density at radius 2 is 1.54 bits per heavy atom. The van der Waals surface area contributed by atoms with Crippen LogP contribution in [0.1, 0.15) is 17.5 Å². The van der Waals surface area contributed by atoms with Crippen LogP contribution in [0.4, 0.5) is 5.69 Å². The lowest BCUT2D eigenvalue weighted by Crippen LogP contribution is -2.39. The maximum Gasteiger partial charge on any atom is 0.252 e. The minimum Gasteiger partial charge on any atom is -0.497 e. The minimum atomic E-state index is -0.688.